The van der Waals surface area contributed by atoms with Crippen LogP contribution in [-0.2, 0) is 0 Å². The molecule has 144 valence electrons. The zero-order valence-corrected chi connectivity index (χ0v) is 16.3. The number of hydrogen-bond acceptors (Lipinski definition) is 6. The lowest BCUT2D eigenvalue weighted by Gasteiger charge is -2.22. The number of hydrogen-bond donors (Lipinski definition) is 2. The Morgan fingerprint density at radius 2 is 1.74 bits per heavy atom. The number of nitrogens with zero attached hydrogens (tertiary/aromatic N) is 4. The van der Waals surface area contributed by atoms with Crippen LogP contribution in [0.25, 0.3) is 0 Å². The Morgan fingerprint density at radius 3 is 2.37 bits per heavy atom. The van der Waals surface area contributed by atoms with E-state index in [1.54, 1.807) is 9.80 Å². The summed E-state index contributed by atoms with van der Waals surface area (Å²) in [5.74, 6) is 0.382. The Bertz CT molecular complexity index is 804. The molecule has 9 heteroatoms. The van der Waals surface area contributed by atoms with Crippen LogP contribution >= 0.6 is 11.7 Å². The average molecular weight is 388 g/mol. The molecule has 1 fully saturated rings. The van der Waals surface area contributed by atoms with Crippen molar-refractivity contribution in [3.63, 3.8) is 0 Å². The molecule has 1 aliphatic rings. The molecule has 0 atom stereocenters. The summed E-state index contributed by atoms with van der Waals surface area (Å²) in [7, 11) is 0. The number of urea groups is 1. The molecule has 0 unspecified atom stereocenters. The van der Waals surface area contributed by atoms with Crippen LogP contribution in [0, 0.1) is 0 Å². The summed E-state index contributed by atoms with van der Waals surface area (Å²) in [6.45, 7) is 6.31. The lowest BCUT2D eigenvalue weighted by atomic mass is 10.0. The fraction of sp³-hybridized carbons (Fsp3) is 0.444. The summed E-state index contributed by atoms with van der Waals surface area (Å²) >= 11 is 0.926. The van der Waals surface area contributed by atoms with Crippen LogP contribution in [0.5, 0.6) is 0 Å². The number of nitrogen functional groups attached to an aromatic ring is 1. The lowest BCUT2D eigenvalue weighted by molar-refractivity contribution is 0.0759. The smallest absolute Gasteiger partial charge is 0.321 e. The van der Waals surface area contributed by atoms with E-state index in [1.165, 1.54) is 5.56 Å². The molecule has 0 saturated carbocycles. The third-order valence-electron chi connectivity index (χ3n) is 4.62. The minimum Gasteiger partial charge on any atom is -0.381 e. The molecule has 1 aromatic heterocycles. The van der Waals surface area contributed by atoms with Crippen molar-refractivity contribution in [2.45, 2.75) is 26.2 Å². The number of aromatic nitrogens is 2. The van der Waals surface area contributed by atoms with Gasteiger partial charge in [-0.25, -0.2) is 4.79 Å². The highest BCUT2D eigenvalue weighted by atomic mass is 32.1. The SMILES string of the molecule is CC(C)c1ccc(NC(=O)N2CCCN(C(=O)c3nsnc3N)CC2)cc1. The van der Waals surface area contributed by atoms with Crippen molar-refractivity contribution >= 4 is 35.2 Å². The summed E-state index contributed by atoms with van der Waals surface area (Å²) in [5.41, 5.74) is 7.89. The van der Waals surface area contributed by atoms with Gasteiger partial charge in [0.2, 0.25) is 0 Å². The number of carbonyl (C=O) groups is 2. The van der Waals surface area contributed by atoms with E-state index >= 15 is 0 Å². The maximum atomic E-state index is 12.6. The van der Waals surface area contributed by atoms with Crippen molar-refractivity contribution in [1.82, 2.24) is 18.5 Å². The molecule has 3 N–H and O–H groups in total. The molecule has 8 nitrogen and oxygen atoms in total. The second kappa shape index (κ2) is 8.34. The van der Waals surface area contributed by atoms with Crippen molar-refractivity contribution in [2.75, 3.05) is 37.2 Å². The molecule has 2 aromatic rings. The normalized spacial score (nSPS) is 14.9. The molecule has 27 heavy (non-hydrogen) atoms. The number of amides is 3. The molecule has 0 spiro atoms. The fourth-order valence-electron chi connectivity index (χ4n) is 2.97. The Kier molecular flexibility index (Phi) is 5.90. The van der Waals surface area contributed by atoms with E-state index in [9.17, 15) is 9.59 Å². The molecule has 0 bridgehead atoms. The maximum absolute atomic E-state index is 12.6. The van der Waals surface area contributed by atoms with Crippen LogP contribution in [-0.4, -0.2) is 56.7 Å². The Morgan fingerprint density at radius 1 is 1.07 bits per heavy atom. The van der Waals surface area contributed by atoms with Crippen LogP contribution < -0.4 is 11.1 Å². The summed E-state index contributed by atoms with van der Waals surface area (Å²) in [4.78, 5) is 28.5. The number of nitrogens with one attached hydrogen (secondary N) is 1. The van der Waals surface area contributed by atoms with E-state index in [1.807, 2.05) is 24.3 Å². The predicted octanol–water partition coefficient (Wildman–Crippen LogP) is 2.62. The van der Waals surface area contributed by atoms with Crippen molar-refractivity contribution < 1.29 is 9.59 Å². The molecular weight excluding hydrogens is 364 g/mol. The quantitative estimate of drug-likeness (QED) is 0.841. The van der Waals surface area contributed by atoms with Gasteiger partial charge in [-0.05, 0) is 30.0 Å². The summed E-state index contributed by atoms with van der Waals surface area (Å²) in [6, 6.07) is 7.72. The van der Waals surface area contributed by atoms with Gasteiger partial charge in [0.05, 0.1) is 11.7 Å². The number of benzene rings is 1. The van der Waals surface area contributed by atoms with Gasteiger partial charge in [-0.3, -0.25) is 4.79 Å². The van der Waals surface area contributed by atoms with Crippen LogP contribution in [0.3, 0.4) is 0 Å². The molecule has 0 radical (unpaired) electrons. The molecule has 0 aliphatic carbocycles. The first-order chi connectivity index (χ1) is 13.0. The van der Waals surface area contributed by atoms with E-state index in [4.69, 9.17) is 5.73 Å². The van der Waals surface area contributed by atoms with Gasteiger partial charge in [-0.2, -0.15) is 8.75 Å². The number of anilines is 2. The molecule has 3 amide bonds. The van der Waals surface area contributed by atoms with Crippen molar-refractivity contribution in [3.8, 4) is 0 Å². The fourth-order valence-corrected chi connectivity index (χ4v) is 3.44. The van der Waals surface area contributed by atoms with Gasteiger partial charge >= 0.3 is 6.03 Å². The number of carbonyl (C=O) groups excluding carboxylic acids is 2. The van der Waals surface area contributed by atoms with E-state index in [0.717, 1.165) is 17.4 Å². The minimum absolute atomic E-state index is 0.156. The van der Waals surface area contributed by atoms with Crippen LogP contribution in [0.1, 0.15) is 42.2 Å². The van der Waals surface area contributed by atoms with Crippen LogP contribution in [0.2, 0.25) is 0 Å². The molecule has 1 saturated heterocycles. The molecule has 1 aliphatic heterocycles. The van der Waals surface area contributed by atoms with Crippen LogP contribution in [0.15, 0.2) is 24.3 Å². The van der Waals surface area contributed by atoms with Gasteiger partial charge in [0.15, 0.2) is 11.5 Å². The van der Waals surface area contributed by atoms with E-state index in [0.29, 0.717) is 38.5 Å². The molecule has 2 heterocycles. The van der Waals surface area contributed by atoms with Gasteiger partial charge in [0, 0.05) is 31.9 Å². The van der Waals surface area contributed by atoms with Gasteiger partial charge < -0.3 is 20.9 Å². The predicted molar refractivity (Wildman–Crippen MR) is 106 cm³/mol. The number of rotatable bonds is 3. The lowest BCUT2D eigenvalue weighted by Crippen LogP contribution is -2.39. The van der Waals surface area contributed by atoms with E-state index in [2.05, 4.69) is 27.9 Å². The summed E-state index contributed by atoms with van der Waals surface area (Å²) in [6.07, 6.45) is 0.697. The second-order valence-corrected chi connectivity index (χ2v) is 7.37. The largest absolute Gasteiger partial charge is 0.381 e. The highest BCUT2D eigenvalue weighted by Crippen LogP contribution is 2.18. The zero-order chi connectivity index (χ0) is 19.4. The number of nitrogens with two attached hydrogens (primary N) is 1. The second-order valence-electron chi connectivity index (χ2n) is 6.84. The molecular formula is C18H24N6O2S. The third kappa shape index (κ3) is 4.54. The van der Waals surface area contributed by atoms with Gasteiger partial charge in [-0.1, -0.05) is 26.0 Å². The summed E-state index contributed by atoms with van der Waals surface area (Å²) < 4.78 is 7.82. The van der Waals surface area contributed by atoms with Crippen LogP contribution in [0.4, 0.5) is 16.3 Å². The molecule has 3 rings (SSSR count). The highest BCUT2D eigenvalue weighted by molar-refractivity contribution is 6.99. The Hall–Kier alpha value is -2.68. The highest BCUT2D eigenvalue weighted by Gasteiger charge is 2.25. The monoisotopic (exact) mass is 388 g/mol. The van der Waals surface area contributed by atoms with Crippen molar-refractivity contribution in [2.24, 2.45) is 0 Å². The Balaban J connectivity index is 1.58. The standard InChI is InChI=1S/C18H24N6O2S/c1-12(2)13-4-6-14(7-5-13)20-18(26)24-9-3-8-23(10-11-24)17(25)15-16(19)22-27-21-15/h4-7,12H,3,8-11H2,1-2H3,(H2,19,22)(H,20,26). The first-order valence-corrected chi connectivity index (χ1v) is 9.72. The third-order valence-corrected chi connectivity index (χ3v) is 5.16. The topological polar surface area (TPSA) is 104 Å². The first-order valence-electron chi connectivity index (χ1n) is 8.99. The van der Waals surface area contributed by atoms with Crippen molar-refractivity contribution in [1.29, 1.82) is 0 Å². The van der Waals surface area contributed by atoms with Crippen molar-refractivity contribution in [3.05, 3.63) is 35.5 Å². The Labute approximate surface area is 162 Å². The summed E-state index contributed by atoms with van der Waals surface area (Å²) in [5, 5.41) is 2.93. The maximum Gasteiger partial charge on any atom is 0.321 e. The first kappa shape index (κ1) is 19.1. The van der Waals surface area contributed by atoms with E-state index < -0.39 is 0 Å². The zero-order valence-electron chi connectivity index (χ0n) is 15.5. The van der Waals surface area contributed by atoms with Gasteiger partial charge in [0.1, 0.15) is 0 Å². The average Bonchev–Trinajstić information content (AvgIpc) is 2.92. The van der Waals surface area contributed by atoms with Gasteiger partial charge in [-0.15, -0.1) is 0 Å². The molecule has 1 aromatic carbocycles. The van der Waals surface area contributed by atoms with Gasteiger partial charge in [0.25, 0.3) is 5.91 Å². The van der Waals surface area contributed by atoms with E-state index in [-0.39, 0.29) is 23.5 Å². The minimum atomic E-state index is -0.229.